The molecule has 1 aromatic carbocycles. The molecule has 0 unspecified atom stereocenters. The number of hydrogen-bond donors (Lipinski definition) is 2. The summed E-state index contributed by atoms with van der Waals surface area (Å²) < 4.78 is 13.3. The number of carbonyl (C=O) groups is 1. The first-order valence-corrected chi connectivity index (χ1v) is 6.24. The van der Waals surface area contributed by atoms with Gasteiger partial charge in [-0.25, -0.2) is 9.18 Å². The van der Waals surface area contributed by atoms with E-state index in [0.29, 0.717) is 18.5 Å². The minimum absolute atomic E-state index is 0.0622. The van der Waals surface area contributed by atoms with Crippen LogP contribution in [0.3, 0.4) is 0 Å². The second kappa shape index (κ2) is 6.35. The number of nitrogens with one attached hydrogen (secondary N) is 2. The number of halogens is 1. The van der Waals surface area contributed by atoms with Gasteiger partial charge < -0.3 is 15.5 Å². The molecule has 1 aliphatic heterocycles. The molecular formula is C13H18FN3O. The Balaban J connectivity index is 1.75. The van der Waals surface area contributed by atoms with Crippen LogP contribution < -0.4 is 10.6 Å². The average Bonchev–Trinajstić information content (AvgIpc) is 2.42. The van der Waals surface area contributed by atoms with Crippen molar-refractivity contribution >= 4 is 6.03 Å². The number of amides is 2. The highest BCUT2D eigenvalue weighted by Gasteiger charge is 2.15. The van der Waals surface area contributed by atoms with Crippen molar-refractivity contribution in [3.05, 3.63) is 35.6 Å². The van der Waals surface area contributed by atoms with Crippen LogP contribution in [0.4, 0.5) is 9.18 Å². The van der Waals surface area contributed by atoms with Gasteiger partial charge in [-0.2, -0.15) is 0 Å². The highest BCUT2D eigenvalue weighted by molar-refractivity contribution is 5.74. The van der Waals surface area contributed by atoms with Crippen molar-refractivity contribution in [2.75, 3.05) is 32.7 Å². The lowest BCUT2D eigenvalue weighted by Gasteiger charge is -2.27. The maximum atomic E-state index is 13.3. The van der Waals surface area contributed by atoms with Gasteiger partial charge >= 0.3 is 6.03 Å². The van der Waals surface area contributed by atoms with Crippen molar-refractivity contribution in [1.82, 2.24) is 15.5 Å². The normalized spacial score (nSPS) is 15.5. The second-order valence-corrected chi connectivity index (χ2v) is 4.31. The molecule has 98 valence electrons. The molecule has 0 spiro atoms. The van der Waals surface area contributed by atoms with Crippen LogP contribution in [0.15, 0.2) is 24.3 Å². The zero-order valence-electron chi connectivity index (χ0n) is 10.3. The summed E-state index contributed by atoms with van der Waals surface area (Å²) in [6, 6.07) is 6.59. The molecule has 1 saturated heterocycles. The second-order valence-electron chi connectivity index (χ2n) is 4.31. The third kappa shape index (κ3) is 3.43. The molecular weight excluding hydrogens is 233 g/mol. The Kier molecular flexibility index (Phi) is 4.52. The van der Waals surface area contributed by atoms with Gasteiger partial charge in [-0.1, -0.05) is 18.2 Å². The third-order valence-corrected chi connectivity index (χ3v) is 3.03. The standard InChI is InChI=1S/C13H18FN3O/c14-12-4-2-1-3-11(12)5-6-16-13(18)17-9-7-15-8-10-17/h1-4,15H,5-10H2,(H,16,18). The summed E-state index contributed by atoms with van der Waals surface area (Å²) in [5.41, 5.74) is 0.637. The number of rotatable bonds is 3. The van der Waals surface area contributed by atoms with Gasteiger partial charge in [0, 0.05) is 32.7 Å². The molecule has 18 heavy (non-hydrogen) atoms. The maximum absolute atomic E-state index is 13.3. The molecule has 0 saturated carbocycles. The molecule has 0 atom stereocenters. The van der Waals surface area contributed by atoms with Crippen LogP contribution in [0.2, 0.25) is 0 Å². The van der Waals surface area contributed by atoms with E-state index in [2.05, 4.69) is 10.6 Å². The van der Waals surface area contributed by atoms with E-state index in [0.717, 1.165) is 26.2 Å². The molecule has 0 bridgehead atoms. The monoisotopic (exact) mass is 251 g/mol. The number of piperazine rings is 1. The molecule has 2 N–H and O–H groups in total. The van der Waals surface area contributed by atoms with Crippen LogP contribution >= 0.6 is 0 Å². The van der Waals surface area contributed by atoms with Crippen molar-refractivity contribution in [3.63, 3.8) is 0 Å². The fourth-order valence-corrected chi connectivity index (χ4v) is 1.98. The Morgan fingerprint density at radius 2 is 2.06 bits per heavy atom. The molecule has 1 aliphatic rings. The van der Waals surface area contributed by atoms with E-state index in [1.165, 1.54) is 6.07 Å². The van der Waals surface area contributed by atoms with E-state index < -0.39 is 0 Å². The summed E-state index contributed by atoms with van der Waals surface area (Å²) in [5, 5.41) is 6.01. The first kappa shape index (κ1) is 12.8. The number of nitrogens with zero attached hydrogens (tertiary/aromatic N) is 1. The van der Waals surface area contributed by atoms with E-state index in [4.69, 9.17) is 0 Å². The molecule has 5 heteroatoms. The SMILES string of the molecule is O=C(NCCc1ccccc1F)N1CCNCC1. The fourth-order valence-electron chi connectivity index (χ4n) is 1.98. The predicted octanol–water partition coefficient (Wildman–Crippen LogP) is 0.983. The van der Waals surface area contributed by atoms with Crippen molar-refractivity contribution in [2.24, 2.45) is 0 Å². The molecule has 2 rings (SSSR count). The van der Waals surface area contributed by atoms with Crippen molar-refractivity contribution in [1.29, 1.82) is 0 Å². The molecule has 4 nitrogen and oxygen atoms in total. The summed E-state index contributed by atoms with van der Waals surface area (Å²) in [6.07, 6.45) is 0.518. The fraction of sp³-hybridized carbons (Fsp3) is 0.462. The van der Waals surface area contributed by atoms with E-state index in [-0.39, 0.29) is 11.8 Å². The zero-order chi connectivity index (χ0) is 12.8. The van der Waals surface area contributed by atoms with Gasteiger partial charge in [0.2, 0.25) is 0 Å². The Morgan fingerprint density at radius 1 is 1.33 bits per heavy atom. The lowest BCUT2D eigenvalue weighted by atomic mass is 10.1. The summed E-state index contributed by atoms with van der Waals surface area (Å²) >= 11 is 0. The maximum Gasteiger partial charge on any atom is 0.317 e. The molecule has 0 radical (unpaired) electrons. The van der Waals surface area contributed by atoms with E-state index >= 15 is 0 Å². The third-order valence-electron chi connectivity index (χ3n) is 3.03. The Labute approximate surface area is 106 Å². The number of carbonyl (C=O) groups excluding carboxylic acids is 1. The smallest absolute Gasteiger partial charge is 0.317 e. The lowest BCUT2D eigenvalue weighted by Crippen LogP contribution is -2.50. The van der Waals surface area contributed by atoms with Crippen molar-refractivity contribution < 1.29 is 9.18 Å². The molecule has 1 fully saturated rings. The van der Waals surface area contributed by atoms with Crippen molar-refractivity contribution in [3.8, 4) is 0 Å². The molecule has 0 aromatic heterocycles. The highest BCUT2D eigenvalue weighted by Crippen LogP contribution is 2.06. The minimum Gasteiger partial charge on any atom is -0.338 e. The van der Waals surface area contributed by atoms with Gasteiger partial charge in [-0.3, -0.25) is 0 Å². The Hall–Kier alpha value is -1.62. The Bertz CT molecular complexity index is 405. The minimum atomic E-state index is -0.214. The van der Waals surface area contributed by atoms with Gasteiger partial charge in [0.15, 0.2) is 0 Å². The number of benzene rings is 1. The molecule has 2 amide bonds. The number of hydrogen-bond acceptors (Lipinski definition) is 2. The van der Waals surface area contributed by atoms with Crippen LogP contribution in [0.25, 0.3) is 0 Å². The quantitative estimate of drug-likeness (QED) is 0.841. The van der Waals surface area contributed by atoms with E-state index in [9.17, 15) is 9.18 Å². The lowest BCUT2D eigenvalue weighted by molar-refractivity contribution is 0.190. The van der Waals surface area contributed by atoms with Gasteiger partial charge in [-0.15, -0.1) is 0 Å². The van der Waals surface area contributed by atoms with E-state index in [1.54, 1.807) is 23.1 Å². The van der Waals surface area contributed by atoms with Crippen molar-refractivity contribution in [2.45, 2.75) is 6.42 Å². The van der Waals surface area contributed by atoms with Gasteiger partial charge in [0.05, 0.1) is 0 Å². The summed E-state index contributed by atoms with van der Waals surface area (Å²) in [7, 11) is 0. The largest absolute Gasteiger partial charge is 0.338 e. The summed E-state index contributed by atoms with van der Waals surface area (Å²) in [6.45, 7) is 3.59. The first-order valence-electron chi connectivity index (χ1n) is 6.24. The van der Waals surface area contributed by atoms with Crippen LogP contribution in [-0.4, -0.2) is 43.7 Å². The molecule has 1 aromatic rings. The van der Waals surface area contributed by atoms with Crippen LogP contribution in [0.5, 0.6) is 0 Å². The van der Waals surface area contributed by atoms with Gasteiger partial charge in [0.1, 0.15) is 5.82 Å². The molecule has 0 aliphatic carbocycles. The first-order chi connectivity index (χ1) is 8.77. The van der Waals surface area contributed by atoms with Gasteiger partial charge in [0.25, 0.3) is 0 Å². The number of urea groups is 1. The van der Waals surface area contributed by atoms with E-state index in [1.807, 2.05) is 0 Å². The average molecular weight is 251 g/mol. The Morgan fingerprint density at radius 3 is 2.78 bits per heavy atom. The summed E-state index contributed by atoms with van der Waals surface area (Å²) in [4.78, 5) is 13.5. The highest BCUT2D eigenvalue weighted by atomic mass is 19.1. The summed E-state index contributed by atoms with van der Waals surface area (Å²) in [5.74, 6) is -0.214. The molecule has 1 heterocycles. The predicted molar refractivity (Wildman–Crippen MR) is 67.9 cm³/mol. The van der Waals surface area contributed by atoms with Gasteiger partial charge in [-0.05, 0) is 18.1 Å². The van der Waals surface area contributed by atoms with Crippen LogP contribution in [0, 0.1) is 5.82 Å². The van der Waals surface area contributed by atoms with Crippen LogP contribution in [-0.2, 0) is 6.42 Å². The zero-order valence-corrected chi connectivity index (χ0v) is 10.3. The topological polar surface area (TPSA) is 44.4 Å². The van der Waals surface area contributed by atoms with Crippen LogP contribution in [0.1, 0.15) is 5.56 Å².